The van der Waals surface area contributed by atoms with Gasteiger partial charge in [0.1, 0.15) is 11.6 Å². The van der Waals surface area contributed by atoms with E-state index < -0.39 is 35.2 Å². The van der Waals surface area contributed by atoms with E-state index in [9.17, 15) is 22.4 Å². The summed E-state index contributed by atoms with van der Waals surface area (Å²) in [4.78, 5) is 10.1. The van der Waals surface area contributed by atoms with Crippen LogP contribution in [0.1, 0.15) is 11.7 Å². The predicted molar refractivity (Wildman–Crippen MR) is 43.9 cm³/mol. The van der Waals surface area contributed by atoms with Gasteiger partial charge in [0.25, 0.3) is 0 Å². The van der Waals surface area contributed by atoms with E-state index in [2.05, 4.69) is 0 Å². The number of halogens is 4. The van der Waals surface area contributed by atoms with Gasteiger partial charge in [0.2, 0.25) is 0 Å². The maximum absolute atomic E-state index is 13.0. The van der Waals surface area contributed by atoms with Crippen LogP contribution >= 0.6 is 0 Å². The van der Waals surface area contributed by atoms with E-state index in [0.717, 1.165) is 0 Å². The number of aliphatic hydroxyl groups excluding tert-OH is 1. The second-order valence-electron chi connectivity index (χ2n) is 3.00. The topological polar surface area (TPSA) is 57.5 Å². The Morgan fingerprint density at radius 2 is 1.88 bits per heavy atom. The standard InChI is InChI=1S/C9H6F4O3/c10-4-1-2-6(11)5(3-4)7(14)9(12,13)8(15)16/h1-3,7,14H,(H,15,16). The first-order valence-electron chi connectivity index (χ1n) is 4.01. The van der Waals surface area contributed by atoms with E-state index in [1.165, 1.54) is 0 Å². The van der Waals surface area contributed by atoms with Gasteiger partial charge in [-0.05, 0) is 18.2 Å². The van der Waals surface area contributed by atoms with Gasteiger partial charge in [0, 0.05) is 5.56 Å². The third-order valence-corrected chi connectivity index (χ3v) is 1.88. The number of benzene rings is 1. The van der Waals surface area contributed by atoms with Gasteiger partial charge in [-0.15, -0.1) is 0 Å². The van der Waals surface area contributed by atoms with E-state index in [4.69, 9.17) is 10.2 Å². The van der Waals surface area contributed by atoms with Crippen molar-refractivity contribution in [3.8, 4) is 0 Å². The Bertz CT molecular complexity index is 419. The summed E-state index contributed by atoms with van der Waals surface area (Å²) in [6.07, 6.45) is -2.94. The minimum atomic E-state index is -4.59. The molecule has 0 amide bonds. The number of carboxylic acids is 1. The summed E-state index contributed by atoms with van der Waals surface area (Å²) in [5.74, 6) is -9.58. The SMILES string of the molecule is O=C(O)C(F)(F)C(O)c1cc(F)ccc1F. The zero-order chi connectivity index (χ0) is 12.5. The molecule has 2 N–H and O–H groups in total. The molecule has 0 saturated carbocycles. The summed E-state index contributed by atoms with van der Waals surface area (Å²) >= 11 is 0. The largest absolute Gasteiger partial charge is 0.477 e. The molecule has 1 unspecified atom stereocenters. The lowest BCUT2D eigenvalue weighted by molar-refractivity contribution is -0.183. The Morgan fingerprint density at radius 3 is 2.38 bits per heavy atom. The molecular weight excluding hydrogens is 232 g/mol. The van der Waals surface area contributed by atoms with Crippen molar-refractivity contribution in [2.24, 2.45) is 0 Å². The van der Waals surface area contributed by atoms with Crippen molar-refractivity contribution in [1.29, 1.82) is 0 Å². The lowest BCUT2D eigenvalue weighted by atomic mass is 10.0. The van der Waals surface area contributed by atoms with Crippen LogP contribution in [0.5, 0.6) is 0 Å². The van der Waals surface area contributed by atoms with Gasteiger partial charge in [-0.25, -0.2) is 13.6 Å². The molecule has 0 saturated heterocycles. The second kappa shape index (κ2) is 4.09. The van der Waals surface area contributed by atoms with E-state index in [1.807, 2.05) is 0 Å². The van der Waals surface area contributed by atoms with Crippen molar-refractivity contribution in [3.05, 3.63) is 35.4 Å². The number of alkyl halides is 2. The lowest BCUT2D eigenvalue weighted by Crippen LogP contribution is -2.36. The molecule has 88 valence electrons. The third-order valence-electron chi connectivity index (χ3n) is 1.88. The molecule has 1 aromatic rings. The van der Waals surface area contributed by atoms with Crippen LogP contribution in [-0.4, -0.2) is 22.1 Å². The number of rotatable bonds is 3. The predicted octanol–water partition coefficient (Wildman–Crippen LogP) is 1.72. The summed E-state index contributed by atoms with van der Waals surface area (Å²) in [6, 6.07) is 1.49. The molecule has 1 aromatic carbocycles. The van der Waals surface area contributed by atoms with Crippen LogP contribution in [-0.2, 0) is 4.79 Å². The molecule has 0 heterocycles. The molecule has 0 aliphatic rings. The molecule has 0 fully saturated rings. The fraction of sp³-hybridized carbons (Fsp3) is 0.222. The zero-order valence-corrected chi connectivity index (χ0v) is 7.62. The minimum absolute atomic E-state index is 0.316. The van der Waals surface area contributed by atoms with Crippen molar-refractivity contribution >= 4 is 5.97 Å². The minimum Gasteiger partial charge on any atom is -0.477 e. The molecule has 0 spiro atoms. The summed E-state index contributed by atoms with van der Waals surface area (Å²) in [6.45, 7) is 0. The quantitative estimate of drug-likeness (QED) is 0.788. The van der Waals surface area contributed by atoms with Crippen LogP contribution in [0, 0.1) is 11.6 Å². The van der Waals surface area contributed by atoms with Gasteiger partial charge in [0.15, 0.2) is 6.10 Å². The maximum atomic E-state index is 13.0. The summed E-state index contributed by atoms with van der Waals surface area (Å²) in [5.41, 5.74) is -1.10. The van der Waals surface area contributed by atoms with Gasteiger partial charge in [-0.2, -0.15) is 8.78 Å². The van der Waals surface area contributed by atoms with Crippen molar-refractivity contribution in [1.82, 2.24) is 0 Å². The molecule has 0 bridgehead atoms. The molecule has 7 heteroatoms. The summed E-state index contributed by atoms with van der Waals surface area (Å²) in [7, 11) is 0. The number of carboxylic acid groups (broad SMARTS) is 1. The molecule has 3 nitrogen and oxygen atoms in total. The number of hydrogen-bond donors (Lipinski definition) is 2. The highest BCUT2D eigenvalue weighted by molar-refractivity contribution is 5.76. The molecule has 0 aliphatic heterocycles. The Kier molecular flexibility index (Phi) is 3.18. The van der Waals surface area contributed by atoms with E-state index in [-0.39, 0.29) is 0 Å². The van der Waals surface area contributed by atoms with Crippen molar-refractivity contribution < 1.29 is 32.6 Å². The first-order chi connectivity index (χ1) is 7.26. The fourth-order valence-electron chi connectivity index (χ4n) is 1.04. The third kappa shape index (κ3) is 2.13. The maximum Gasteiger partial charge on any atom is 0.377 e. The van der Waals surface area contributed by atoms with Crippen molar-refractivity contribution in [3.63, 3.8) is 0 Å². The molecule has 0 aliphatic carbocycles. The monoisotopic (exact) mass is 238 g/mol. The number of hydrogen-bond acceptors (Lipinski definition) is 2. The normalized spacial score (nSPS) is 13.6. The summed E-state index contributed by atoms with van der Waals surface area (Å²) < 4.78 is 51.2. The van der Waals surface area contributed by atoms with Crippen LogP contribution < -0.4 is 0 Å². The van der Waals surface area contributed by atoms with E-state index in [0.29, 0.717) is 18.2 Å². The van der Waals surface area contributed by atoms with Crippen LogP contribution in [0.4, 0.5) is 17.6 Å². The number of aliphatic hydroxyl groups is 1. The van der Waals surface area contributed by atoms with E-state index >= 15 is 0 Å². The van der Waals surface area contributed by atoms with Gasteiger partial charge in [-0.3, -0.25) is 0 Å². The summed E-state index contributed by atoms with van der Waals surface area (Å²) in [5, 5.41) is 17.1. The molecule has 16 heavy (non-hydrogen) atoms. The van der Waals surface area contributed by atoms with Crippen LogP contribution in [0.2, 0.25) is 0 Å². The van der Waals surface area contributed by atoms with Crippen molar-refractivity contribution in [2.45, 2.75) is 12.0 Å². The number of aliphatic carboxylic acids is 1. The average molecular weight is 238 g/mol. The first kappa shape index (κ1) is 12.4. The van der Waals surface area contributed by atoms with Crippen LogP contribution in [0.3, 0.4) is 0 Å². The van der Waals surface area contributed by atoms with Gasteiger partial charge in [-0.1, -0.05) is 0 Å². The molecule has 1 atom stereocenters. The Hall–Kier alpha value is -1.63. The van der Waals surface area contributed by atoms with Gasteiger partial charge < -0.3 is 10.2 Å². The highest BCUT2D eigenvalue weighted by Crippen LogP contribution is 2.33. The molecule has 0 aromatic heterocycles. The molecule has 0 radical (unpaired) electrons. The van der Waals surface area contributed by atoms with Gasteiger partial charge >= 0.3 is 11.9 Å². The Morgan fingerprint density at radius 1 is 1.31 bits per heavy atom. The van der Waals surface area contributed by atoms with Crippen LogP contribution in [0.15, 0.2) is 18.2 Å². The molecular formula is C9H6F4O3. The van der Waals surface area contributed by atoms with E-state index in [1.54, 1.807) is 0 Å². The highest BCUT2D eigenvalue weighted by Gasteiger charge is 2.48. The second-order valence-corrected chi connectivity index (χ2v) is 3.00. The Balaban J connectivity index is 3.19. The average Bonchev–Trinajstić information content (AvgIpc) is 2.20. The first-order valence-corrected chi connectivity index (χ1v) is 4.01. The smallest absolute Gasteiger partial charge is 0.377 e. The Labute approximate surface area is 86.9 Å². The zero-order valence-electron chi connectivity index (χ0n) is 7.62. The fourth-order valence-corrected chi connectivity index (χ4v) is 1.04. The van der Waals surface area contributed by atoms with Gasteiger partial charge in [0.05, 0.1) is 0 Å². The molecule has 1 rings (SSSR count). The van der Waals surface area contributed by atoms with Crippen molar-refractivity contribution in [2.75, 3.05) is 0 Å². The number of carbonyl (C=O) groups is 1. The lowest BCUT2D eigenvalue weighted by Gasteiger charge is -2.18. The highest BCUT2D eigenvalue weighted by atomic mass is 19.3. The van der Waals surface area contributed by atoms with Crippen LogP contribution in [0.25, 0.3) is 0 Å².